The maximum atomic E-state index is 9.89. The smallest absolute Gasteiger partial charge is 0.140 e. The average Bonchev–Trinajstić information content (AvgIpc) is 2.90. The predicted molar refractivity (Wildman–Crippen MR) is 144 cm³/mol. The molecule has 0 bridgehead atoms. The summed E-state index contributed by atoms with van der Waals surface area (Å²) in [5.74, 6) is 1.20. The number of aryl methyl sites for hydroxylation is 3. The Labute approximate surface area is 218 Å². The Bertz CT molecular complexity index is 1320. The molecule has 2 aromatic carbocycles. The number of piperidine rings is 1. The summed E-state index contributed by atoms with van der Waals surface area (Å²) in [7, 11) is 0. The normalized spacial score (nSPS) is 14.2. The number of nitrogens with two attached hydrogens (primary N) is 1. The Kier molecular flexibility index (Phi) is 8.04. The zero-order valence-electron chi connectivity index (χ0n) is 22.0. The molecule has 192 valence electrons. The van der Waals surface area contributed by atoms with Gasteiger partial charge in [-0.3, -0.25) is 5.41 Å². The Balaban J connectivity index is 1.54. The molecule has 1 saturated heterocycles. The standard InChI is InChI=1S/C29H34N6O2/c1-5-35-10-8-23(9-11-35)37-29-18(2)12-21(13-22(29)15-30)28(32)25-14-24(6-7-27(25)31)36-17-26-19(3)16-33-34-20(26)4/h6-7,12-14,16,23,32H,5,8-11,17,31H2,1-4H3. The van der Waals surface area contributed by atoms with Crippen LogP contribution in [0, 0.1) is 37.5 Å². The summed E-state index contributed by atoms with van der Waals surface area (Å²) in [6.45, 7) is 11.3. The first-order chi connectivity index (χ1) is 17.8. The summed E-state index contributed by atoms with van der Waals surface area (Å²) in [5, 5.41) is 26.9. The van der Waals surface area contributed by atoms with Gasteiger partial charge >= 0.3 is 0 Å². The highest BCUT2D eigenvalue weighted by atomic mass is 16.5. The highest BCUT2D eigenvalue weighted by Gasteiger charge is 2.22. The molecule has 8 heteroatoms. The van der Waals surface area contributed by atoms with Gasteiger partial charge in [-0.1, -0.05) is 6.92 Å². The average molecular weight is 499 g/mol. The summed E-state index contributed by atoms with van der Waals surface area (Å²) in [4.78, 5) is 2.40. The molecule has 1 aliphatic rings. The lowest BCUT2D eigenvalue weighted by molar-refractivity contribution is 0.103. The molecule has 1 fully saturated rings. The Morgan fingerprint density at radius 3 is 2.59 bits per heavy atom. The van der Waals surface area contributed by atoms with Crippen LogP contribution >= 0.6 is 0 Å². The second-order valence-corrected chi connectivity index (χ2v) is 9.54. The number of benzene rings is 2. The van der Waals surface area contributed by atoms with E-state index in [2.05, 4.69) is 28.1 Å². The van der Waals surface area contributed by atoms with E-state index in [4.69, 9.17) is 20.6 Å². The summed E-state index contributed by atoms with van der Waals surface area (Å²) in [6, 6.07) is 11.2. The maximum absolute atomic E-state index is 9.89. The number of hydrogen-bond donors (Lipinski definition) is 2. The predicted octanol–water partition coefficient (Wildman–Crippen LogP) is 4.71. The lowest BCUT2D eigenvalue weighted by atomic mass is 9.96. The van der Waals surface area contributed by atoms with Crippen LogP contribution in [0.1, 0.15) is 58.8 Å². The van der Waals surface area contributed by atoms with Gasteiger partial charge in [0.2, 0.25) is 0 Å². The van der Waals surface area contributed by atoms with Crippen molar-refractivity contribution in [2.24, 2.45) is 0 Å². The van der Waals surface area contributed by atoms with Gasteiger partial charge in [-0.2, -0.15) is 15.5 Å². The second kappa shape index (κ2) is 11.4. The fraction of sp³-hybridized carbons (Fsp3) is 0.379. The van der Waals surface area contributed by atoms with E-state index in [0.717, 1.165) is 54.9 Å². The van der Waals surface area contributed by atoms with Crippen molar-refractivity contribution >= 4 is 11.4 Å². The lowest BCUT2D eigenvalue weighted by Crippen LogP contribution is -2.38. The molecule has 4 rings (SSSR count). The molecule has 1 aromatic heterocycles. The van der Waals surface area contributed by atoms with Gasteiger partial charge in [-0.25, -0.2) is 0 Å². The van der Waals surface area contributed by atoms with Crippen molar-refractivity contribution in [3.63, 3.8) is 0 Å². The molecule has 8 nitrogen and oxygen atoms in total. The SMILES string of the molecule is CCN1CCC(Oc2c(C)cc(C(=N)c3cc(OCc4c(C)cnnc4C)ccc3N)cc2C#N)CC1. The van der Waals surface area contributed by atoms with Crippen molar-refractivity contribution in [2.75, 3.05) is 25.4 Å². The van der Waals surface area contributed by atoms with E-state index in [1.807, 2.05) is 26.8 Å². The van der Waals surface area contributed by atoms with Crippen LogP contribution in [0.2, 0.25) is 0 Å². The molecule has 0 spiro atoms. The molecule has 0 atom stereocenters. The van der Waals surface area contributed by atoms with E-state index in [9.17, 15) is 5.26 Å². The monoisotopic (exact) mass is 498 g/mol. The zero-order valence-corrected chi connectivity index (χ0v) is 22.0. The van der Waals surface area contributed by atoms with Crippen molar-refractivity contribution in [1.29, 1.82) is 10.7 Å². The molecule has 2 heterocycles. The van der Waals surface area contributed by atoms with Gasteiger partial charge in [0.05, 0.1) is 23.2 Å². The molecule has 1 aliphatic heterocycles. The summed E-state index contributed by atoms with van der Waals surface area (Å²) >= 11 is 0. The van der Waals surface area contributed by atoms with Gasteiger partial charge < -0.3 is 20.1 Å². The van der Waals surface area contributed by atoms with Gasteiger partial charge in [-0.15, -0.1) is 0 Å². The highest BCUT2D eigenvalue weighted by Crippen LogP contribution is 2.31. The number of rotatable bonds is 8. The number of nitrogens with zero attached hydrogens (tertiary/aromatic N) is 4. The third kappa shape index (κ3) is 5.89. The van der Waals surface area contributed by atoms with E-state index in [0.29, 0.717) is 40.5 Å². The minimum atomic E-state index is 0.0891. The lowest BCUT2D eigenvalue weighted by Gasteiger charge is -2.31. The minimum Gasteiger partial charge on any atom is -0.489 e. The number of likely N-dealkylation sites (tertiary alicyclic amines) is 1. The molecule has 0 saturated carbocycles. The highest BCUT2D eigenvalue weighted by molar-refractivity contribution is 6.14. The molecule has 0 amide bonds. The summed E-state index contributed by atoms with van der Waals surface area (Å²) in [5.41, 5.74) is 12.2. The molecule has 0 unspecified atom stereocenters. The molecule has 37 heavy (non-hydrogen) atoms. The van der Waals surface area contributed by atoms with Gasteiger partial charge in [-0.05, 0) is 81.6 Å². The zero-order chi connectivity index (χ0) is 26.5. The number of hydrogen-bond acceptors (Lipinski definition) is 8. The van der Waals surface area contributed by atoms with E-state index < -0.39 is 0 Å². The topological polar surface area (TPSA) is 121 Å². The van der Waals surface area contributed by atoms with E-state index >= 15 is 0 Å². The number of anilines is 1. The van der Waals surface area contributed by atoms with Crippen LogP contribution in [0.4, 0.5) is 5.69 Å². The first kappa shape index (κ1) is 26.1. The van der Waals surface area contributed by atoms with Crippen LogP contribution in [-0.2, 0) is 6.61 Å². The van der Waals surface area contributed by atoms with Gasteiger partial charge in [0, 0.05) is 35.5 Å². The molecule has 0 radical (unpaired) electrons. The van der Waals surface area contributed by atoms with Gasteiger partial charge in [0.25, 0.3) is 0 Å². The van der Waals surface area contributed by atoms with Crippen LogP contribution in [0.5, 0.6) is 11.5 Å². The van der Waals surface area contributed by atoms with Crippen LogP contribution < -0.4 is 15.2 Å². The van der Waals surface area contributed by atoms with Crippen molar-refractivity contribution in [3.05, 3.63) is 75.6 Å². The molecule has 3 aromatic rings. The van der Waals surface area contributed by atoms with Crippen LogP contribution in [0.15, 0.2) is 36.5 Å². The largest absolute Gasteiger partial charge is 0.489 e. The Morgan fingerprint density at radius 1 is 1.16 bits per heavy atom. The van der Waals surface area contributed by atoms with Gasteiger partial charge in [0.1, 0.15) is 30.3 Å². The Morgan fingerprint density at radius 2 is 1.92 bits per heavy atom. The first-order valence-electron chi connectivity index (χ1n) is 12.6. The minimum absolute atomic E-state index is 0.0891. The van der Waals surface area contributed by atoms with Crippen molar-refractivity contribution in [3.8, 4) is 17.6 Å². The number of nitrogen functional groups attached to an aromatic ring is 1. The van der Waals surface area contributed by atoms with E-state index in [-0.39, 0.29) is 11.8 Å². The van der Waals surface area contributed by atoms with E-state index in [1.165, 1.54) is 0 Å². The summed E-state index contributed by atoms with van der Waals surface area (Å²) < 4.78 is 12.3. The maximum Gasteiger partial charge on any atom is 0.140 e. The van der Waals surface area contributed by atoms with Crippen molar-refractivity contribution in [2.45, 2.75) is 53.2 Å². The molecule has 3 N–H and O–H groups in total. The van der Waals surface area contributed by atoms with E-state index in [1.54, 1.807) is 30.5 Å². The van der Waals surface area contributed by atoms with Crippen molar-refractivity contribution in [1.82, 2.24) is 15.1 Å². The molecular weight excluding hydrogens is 464 g/mol. The third-order valence-corrected chi connectivity index (χ3v) is 7.00. The van der Waals surface area contributed by atoms with Crippen LogP contribution in [0.3, 0.4) is 0 Å². The first-order valence-corrected chi connectivity index (χ1v) is 12.6. The van der Waals surface area contributed by atoms with Crippen LogP contribution in [-0.4, -0.2) is 46.5 Å². The fourth-order valence-electron chi connectivity index (χ4n) is 4.66. The number of aromatic nitrogens is 2. The van der Waals surface area contributed by atoms with Gasteiger partial charge in [0.15, 0.2) is 0 Å². The summed E-state index contributed by atoms with van der Waals surface area (Å²) in [6.07, 6.45) is 3.68. The number of nitrogens with one attached hydrogen (secondary N) is 1. The molecular formula is C29H34N6O2. The second-order valence-electron chi connectivity index (χ2n) is 9.54. The van der Waals surface area contributed by atoms with Crippen LogP contribution in [0.25, 0.3) is 0 Å². The quantitative estimate of drug-likeness (QED) is 0.341. The molecule has 0 aliphatic carbocycles. The number of nitriles is 1. The number of ether oxygens (including phenoxy) is 2. The van der Waals surface area contributed by atoms with Crippen molar-refractivity contribution < 1.29 is 9.47 Å². The fourth-order valence-corrected chi connectivity index (χ4v) is 4.66. The third-order valence-electron chi connectivity index (χ3n) is 7.00. The Hall–Kier alpha value is -3.96.